The van der Waals surface area contributed by atoms with E-state index in [2.05, 4.69) is 0 Å². The van der Waals surface area contributed by atoms with Gasteiger partial charge in [0.25, 0.3) is 5.92 Å². The van der Waals surface area contributed by atoms with Crippen molar-refractivity contribution in [2.75, 3.05) is 6.61 Å². The third-order valence-electron chi connectivity index (χ3n) is 5.35. The van der Waals surface area contributed by atoms with Crippen molar-refractivity contribution in [1.29, 1.82) is 0 Å². The molecule has 0 bridgehead atoms. The van der Waals surface area contributed by atoms with Crippen LogP contribution in [0.2, 0.25) is 0 Å². The molecule has 7 heteroatoms. The van der Waals surface area contributed by atoms with Gasteiger partial charge in [0.05, 0.1) is 18.3 Å². The summed E-state index contributed by atoms with van der Waals surface area (Å²) in [4.78, 5) is 11.5. The lowest BCUT2D eigenvalue weighted by Crippen LogP contribution is -2.25. The maximum Gasteiger partial charge on any atom is 0.306 e. The number of esters is 1. The van der Waals surface area contributed by atoms with Gasteiger partial charge in [0.2, 0.25) is 0 Å². The average molecular weight is 453 g/mol. The fourth-order valence-corrected chi connectivity index (χ4v) is 3.76. The first-order valence-electron chi connectivity index (χ1n) is 11.1. The Bertz CT molecular complexity index is 748. The summed E-state index contributed by atoms with van der Waals surface area (Å²) in [6, 6.07) is 8.39. The number of ether oxygens (including phenoxy) is 2. The number of carbonyl (C=O) groups excluding carboxylic acids is 1. The zero-order chi connectivity index (χ0) is 23.6. The zero-order valence-corrected chi connectivity index (χ0v) is 18.7. The van der Waals surface area contributed by atoms with Crippen molar-refractivity contribution in [1.82, 2.24) is 0 Å². The lowest BCUT2D eigenvalue weighted by atomic mass is 9.89. The summed E-state index contributed by atoms with van der Waals surface area (Å²) in [6.07, 6.45) is 6.33. The summed E-state index contributed by atoms with van der Waals surface area (Å²) in [5.41, 5.74) is 0. The van der Waals surface area contributed by atoms with Gasteiger partial charge in [-0.25, -0.2) is 0 Å². The Morgan fingerprint density at radius 1 is 1.19 bits per heavy atom. The molecule has 2 N–H and O–H groups in total. The van der Waals surface area contributed by atoms with E-state index in [4.69, 9.17) is 9.47 Å². The van der Waals surface area contributed by atoms with E-state index in [0.29, 0.717) is 31.4 Å². The fraction of sp³-hybridized carbons (Fsp3) is 0.560. The van der Waals surface area contributed by atoms with Gasteiger partial charge in [-0.05, 0) is 57.2 Å². The maximum atomic E-state index is 14.2. The normalized spacial score (nSPS) is 24.0. The Morgan fingerprint density at radius 3 is 2.59 bits per heavy atom. The van der Waals surface area contributed by atoms with Gasteiger partial charge in [-0.1, -0.05) is 36.4 Å². The highest BCUT2D eigenvalue weighted by atomic mass is 19.3. The molecule has 1 aliphatic carbocycles. The van der Waals surface area contributed by atoms with E-state index >= 15 is 0 Å². The standard InChI is InChI=1S/C25H34F2O5/c1-18(2)32-24(30)13-9-4-3-8-12-20-21(23(29)16-22(20)28)14-15-25(26,27)17-31-19-10-6-5-7-11-19/h3,5-8,10-11,14-15,18,20-23,28-29H,4,9,12-13,16-17H2,1-2H3/b8-3-,15-14+/t20-,21-,22+,23?/m1/s1. The topological polar surface area (TPSA) is 76.0 Å². The number of halogens is 2. The summed E-state index contributed by atoms with van der Waals surface area (Å²) in [5.74, 6) is -4.00. The van der Waals surface area contributed by atoms with Crippen molar-refractivity contribution < 1.29 is 33.3 Å². The summed E-state index contributed by atoms with van der Waals surface area (Å²) < 4.78 is 38.7. The monoisotopic (exact) mass is 452 g/mol. The van der Waals surface area contributed by atoms with E-state index in [1.54, 1.807) is 44.2 Å². The molecule has 0 aromatic heterocycles. The predicted octanol–water partition coefficient (Wildman–Crippen LogP) is 4.68. The number of hydrogen-bond acceptors (Lipinski definition) is 5. The number of allylic oxidation sites excluding steroid dienone is 2. The largest absolute Gasteiger partial charge is 0.487 e. The molecule has 0 amide bonds. The number of unbranched alkanes of at least 4 members (excludes halogenated alkanes) is 1. The van der Waals surface area contributed by atoms with Crippen LogP contribution < -0.4 is 4.74 Å². The molecule has 0 spiro atoms. The number of aliphatic hydroxyl groups is 2. The first kappa shape index (κ1) is 26.0. The number of rotatable bonds is 12. The van der Waals surface area contributed by atoms with E-state index < -0.39 is 30.7 Å². The summed E-state index contributed by atoms with van der Waals surface area (Å²) in [5, 5.41) is 20.5. The van der Waals surface area contributed by atoms with Crippen LogP contribution >= 0.6 is 0 Å². The van der Waals surface area contributed by atoms with Gasteiger partial charge in [0, 0.05) is 18.8 Å². The Morgan fingerprint density at radius 2 is 1.91 bits per heavy atom. The molecule has 1 unspecified atom stereocenters. The molecule has 1 aromatic rings. The lowest BCUT2D eigenvalue weighted by molar-refractivity contribution is -0.147. The van der Waals surface area contributed by atoms with Crippen LogP contribution in [0.3, 0.4) is 0 Å². The van der Waals surface area contributed by atoms with Crippen LogP contribution in [0, 0.1) is 11.8 Å². The Kier molecular flexibility index (Phi) is 10.3. The molecule has 0 heterocycles. The van der Waals surface area contributed by atoms with Crippen LogP contribution in [-0.2, 0) is 9.53 Å². The minimum Gasteiger partial charge on any atom is -0.487 e. The van der Waals surface area contributed by atoms with Crippen LogP contribution in [0.15, 0.2) is 54.6 Å². The molecule has 4 atom stereocenters. The molecule has 1 saturated carbocycles. The summed E-state index contributed by atoms with van der Waals surface area (Å²) >= 11 is 0. The van der Waals surface area contributed by atoms with Crippen molar-refractivity contribution in [2.24, 2.45) is 11.8 Å². The Labute approximate surface area is 188 Å². The molecule has 32 heavy (non-hydrogen) atoms. The lowest BCUT2D eigenvalue weighted by Gasteiger charge is -2.20. The number of alkyl halides is 2. The van der Waals surface area contributed by atoms with Crippen molar-refractivity contribution in [3.8, 4) is 5.75 Å². The second-order valence-corrected chi connectivity index (χ2v) is 8.47. The molecular formula is C25H34F2O5. The Balaban J connectivity index is 1.83. The zero-order valence-electron chi connectivity index (χ0n) is 18.7. The number of aliphatic hydroxyl groups excluding tert-OH is 2. The number of hydrogen-bond donors (Lipinski definition) is 2. The molecule has 0 radical (unpaired) electrons. The van der Waals surface area contributed by atoms with E-state index in [1.165, 1.54) is 6.08 Å². The third-order valence-corrected chi connectivity index (χ3v) is 5.35. The molecule has 1 aromatic carbocycles. The minimum atomic E-state index is -3.20. The smallest absolute Gasteiger partial charge is 0.306 e. The molecule has 1 aliphatic rings. The second-order valence-electron chi connectivity index (χ2n) is 8.47. The van der Waals surface area contributed by atoms with Crippen molar-refractivity contribution >= 4 is 5.97 Å². The number of carbonyl (C=O) groups is 1. The van der Waals surface area contributed by atoms with Crippen LogP contribution in [0.25, 0.3) is 0 Å². The highest BCUT2D eigenvalue weighted by molar-refractivity contribution is 5.69. The van der Waals surface area contributed by atoms with Gasteiger partial charge in [0.1, 0.15) is 5.75 Å². The Hall–Kier alpha value is -2.25. The third kappa shape index (κ3) is 9.09. The fourth-order valence-electron chi connectivity index (χ4n) is 3.76. The minimum absolute atomic E-state index is 0.129. The van der Waals surface area contributed by atoms with E-state index in [-0.39, 0.29) is 24.4 Å². The van der Waals surface area contributed by atoms with E-state index in [1.807, 2.05) is 12.2 Å². The first-order chi connectivity index (χ1) is 15.2. The molecule has 0 aliphatic heterocycles. The van der Waals surface area contributed by atoms with Crippen LogP contribution in [0.4, 0.5) is 8.78 Å². The van der Waals surface area contributed by atoms with Gasteiger partial charge in [-0.2, -0.15) is 8.78 Å². The van der Waals surface area contributed by atoms with Gasteiger partial charge in [-0.3, -0.25) is 4.79 Å². The maximum absolute atomic E-state index is 14.2. The first-order valence-corrected chi connectivity index (χ1v) is 11.1. The van der Waals surface area contributed by atoms with Crippen molar-refractivity contribution in [3.05, 3.63) is 54.6 Å². The van der Waals surface area contributed by atoms with E-state index in [0.717, 1.165) is 6.08 Å². The SMILES string of the molecule is CC(C)OC(=O)CCC/C=C\C[C@H]1[C@@H](O)CC(O)[C@@H]1/C=C/C(F)(F)COc1ccccc1. The quantitative estimate of drug-likeness (QED) is 0.274. The molecule has 2 rings (SSSR count). The molecule has 5 nitrogen and oxygen atoms in total. The van der Waals surface area contributed by atoms with E-state index in [9.17, 15) is 23.8 Å². The average Bonchev–Trinajstić information content (AvgIpc) is 3.00. The molecule has 0 saturated heterocycles. The summed E-state index contributed by atoms with van der Waals surface area (Å²) in [6.45, 7) is 2.80. The number of para-hydroxylation sites is 1. The summed E-state index contributed by atoms with van der Waals surface area (Å²) in [7, 11) is 0. The molecular weight excluding hydrogens is 418 g/mol. The van der Waals surface area contributed by atoms with Crippen LogP contribution in [-0.4, -0.2) is 47.0 Å². The molecule has 178 valence electrons. The molecule has 1 fully saturated rings. The van der Waals surface area contributed by atoms with Crippen molar-refractivity contribution in [3.63, 3.8) is 0 Å². The van der Waals surface area contributed by atoms with Gasteiger partial charge < -0.3 is 19.7 Å². The van der Waals surface area contributed by atoms with Gasteiger partial charge >= 0.3 is 5.97 Å². The predicted molar refractivity (Wildman–Crippen MR) is 118 cm³/mol. The van der Waals surface area contributed by atoms with Crippen LogP contribution in [0.5, 0.6) is 5.75 Å². The number of benzene rings is 1. The van der Waals surface area contributed by atoms with Crippen LogP contribution in [0.1, 0.15) is 46.0 Å². The van der Waals surface area contributed by atoms with Crippen molar-refractivity contribution in [2.45, 2.75) is 70.2 Å². The van der Waals surface area contributed by atoms with Gasteiger partial charge in [-0.15, -0.1) is 0 Å². The second kappa shape index (κ2) is 12.7. The van der Waals surface area contributed by atoms with Gasteiger partial charge in [0.15, 0.2) is 6.61 Å². The highest BCUT2D eigenvalue weighted by Crippen LogP contribution is 2.37. The highest BCUT2D eigenvalue weighted by Gasteiger charge is 2.40.